The lowest BCUT2D eigenvalue weighted by molar-refractivity contribution is -0.157. The Morgan fingerprint density at radius 2 is 1.75 bits per heavy atom. The molecule has 0 heterocycles. The lowest BCUT2D eigenvalue weighted by atomic mass is 9.87. The smallest absolute Gasteiger partial charge is 0.311 e. The Bertz CT molecular complexity index is 886. The topological polar surface area (TPSA) is 72.8 Å². The monoisotopic (exact) mass is 460 g/mol. The molecule has 0 aliphatic heterocycles. The van der Waals surface area contributed by atoms with Gasteiger partial charge in [-0.2, -0.15) is 0 Å². The number of rotatable bonds is 10. The summed E-state index contributed by atoms with van der Waals surface area (Å²) in [7, 11) is 0. The highest BCUT2D eigenvalue weighted by molar-refractivity contribution is 6.30. The van der Waals surface area contributed by atoms with E-state index in [4.69, 9.17) is 21.1 Å². The zero-order valence-corrected chi connectivity index (χ0v) is 20.0. The summed E-state index contributed by atoms with van der Waals surface area (Å²) in [6.45, 7) is 7.12. The molecular weight excluding hydrogens is 428 g/mol. The fourth-order valence-electron chi connectivity index (χ4n) is 3.60. The van der Waals surface area contributed by atoms with Gasteiger partial charge in [-0.1, -0.05) is 48.0 Å². The van der Waals surface area contributed by atoms with Crippen LogP contribution in [0, 0.1) is 11.8 Å². The summed E-state index contributed by atoms with van der Waals surface area (Å²) in [6.07, 6.45) is 1.07. The molecule has 174 valence electrons. The summed E-state index contributed by atoms with van der Waals surface area (Å²) in [5.41, 5.74) is 2.51. The Morgan fingerprint density at radius 1 is 1.06 bits per heavy atom. The third-order valence-corrected chi connectivity index (χ3v) is 5.20. The van der Waals surface area contributed by atoms with Gasteiger partial charge in [-0.3, -0.25) is 9.59 Å². The van der Waals surface area contributed by atoms with Crippen molar-refractivity contribution in [2.24, 2.45) is 11.8 Å². The Hall–Kier alpha value is -2.37. The van der Waals surface area contributed by atoms with E-state index in [2.05, 4.69) is 0 Å². The van der Waals surface area contributed by atoms with E-state index in [1.165, 1.54) is 0 Å². The molecule has 0 fully saturated rings. The van der Waals surface area contributed by atoms with Gasteiger partial charge in [0.05, 0.1) is 19.1 Å². The molecule has 0 bridgehead atoms. The van der Waals surface area contributed by atoms with Crippen LogP contribution in [0.3, 0.4) is 0 Å². The van der Waals surface area contributed by atoms with Gasteiger partial charge in [0.15, 0.2) is 0 Å². The third kappa shape index (κ3) is 8.64. The number of carbonyl (C=O) groups is 2. The average Bonchev–Trinajstić information content (AvgIpc) is 2.71. The fourth-order valence-corrected chi connectivity index (χ4v) is 3.79. The second-order valence-corrected chi connectivity index (χ2v) is 9.37. The highest BCUT2D eigenvalue weighted by Crippen LogP contribution is 2.27. The molecule has 0 aromatic heterocycles. The van der Waals surface area contributed by atoms with Gasteiger partial charge < -0.3 is 14.6 Å². The summed E-state index contributed by atoms with van der Waals surface area (Å²) in [4.78, 5) is 24.7. The number of carbonyl (C=O) groups excluding carboxylic acids is 2. The van der Waals surface area contributed by atoms with Crippen LogP contribution in [-0.4, -0.2) is 35.9 Å². The number of aliphatic hydroxyl groups is 1. The third-order valence-electron chi connectivity index (χ3n) is 4.97. The standard InChI is InChI=1S/C26H33ClO5/c1-5-31-25(30)22(17-28)14-19(15-24(29)32-26(2,3)4)13-18-9-11-20(12-10-18)21-7-6-8-23(27)16-21/h6-12,16,19,22,28H,5,13-15,17H2,1-4H3/t19-,22+/m1/s1. The van der Waals surface area contributed by atoms with E-state index in [9.17, 15) is 14.7 Å². The largest absolute Gasteiger partial charge is 0.466 e. The first kappa shape index (κ1) is 25.9. The number of hydrogen-bond donors (Lipinski definition) is 1. The lowest BCUT2D eigenvalue weighted by Crippen LogP contribution is -2.29. The number of hydrogen-bond acceptors (Lipinski definition) is 5. The van der Waals surface area contributed by atoms with E-state index in [0.717, 1.165) is 16.7 Å². The van der Waals surface area contributed by atoms with Crippen LogP contribution in [0.4, 0.5) is 0 Å². The first-order valence-corrected chi connectivity index (χ1v) is 11.3. The quantitative estimate of drug-likeness (QED) is 0.476. The molecule has 1 N–H and O–H groups in total. The number of benzene rings is 2. The van der Waals surface area contributed by atoms with Gasteiger partial charge in [0.2, 0.25) is 0 Å². The first-order chi connectivity index (χ1) is 15.1. The van der Waals surface area contributed by atoms with Crippen molar-refractivity contribution in [3.63, 3.8) is 0 Å². The van der Waals surface area contributed by atoms with Crippen molar-refractivity contribution < 1.29 is 24.2 Å². The number of ether oxygens (including phenoxy) is 2. The molecule has 0 radical (unpaired) electrons. The number of aliphatic hydroxyl groups excluding tert-OH is 1. The molecule has 0 aliphatic carbocycles. The van der Waals surface area contributed by atoms with Gasteiger partial charge in [-0.15, -0.1) is 0 Å². The SMILES string of the molecule is CCOC(=O)[C@H](CO)C[C@H](CC(=O)OC(C)(C)C)Cc1ccc(-c2cccc(Cl)c2)cc1. The van der Waals surface area contributed by atoms with Crippen molar-refractivity contribution >= 4 is 23.5 Å². The normalized spacial score (nSPS) is 13.3. The molecule has 2 aromatic carbocycles. The van der Waals surface area contributed by atoms with Gasteiger partial charge in [0, 0.05) is 11.4 Å². The maximum Gasteiger partial charge on any atom is 0.311 e. The van der Waals surface area contributed by atoms with Gasteiger partial charge in [0.1, 0.15) is 5.60 Å². The Kier molecular flexibility index (Phi) is 9.73. The van der Waals surface area contributed by atoms with Crippen molar-refractivity contribution in [2.75, 3.05) is 13.2 Å². The zero-order chi connectivity index (χ0) is 23.7. The molecule has 2 atom stereocenters. The van der Waals surface area contributed by atoms with Crippen molar-refractivity contribution in [1.29, 1.82) is 0 Å². The van der Waals surface area contributed by atoms with E-state index < -0.39 is 17.5 Å². The molecule has 0 saturated carbocycles. The van der Waals surface area contributed by atoms with Crippen LogP contribution < -0.4 is 0 Å². The van der Waals surface area contributed by atoms with E-state index in [1.807, 2.05) is 69.3 Å². The van der Waals surface area contributed by atoms with Crippen LogP contribution in [0.5, 0.6) is 0 Å². The van der Waals surface area contributed by atoms with Crippen molar-refractivity contribution in [2.45, 2.75) is 52.6 Å². The summed E-state index contributed by atoms with van der Waals surface area (Å²) >= 11 is 6.10. The number of esters is 2. The minimum Gasteiger partial charge on any atom is -0.466 e. The molecule has 6 heteroatoms. The van der Waals surface area contributed by atoms with Crippen molar-refractivity contribution in [3.8, 4) is 11.1 Å². The van der Waals surface area contributed by atoms with Crippen LogP contribution in [0.2, 0.25) is 5.02 Å². The Labute approximate surface area is 195 Å². The summed E-state index contributed by atoms with van der Waals surface area (Å²) in [5, 5.41) is 10.4. The first-order valence-electron chi connectivity index (χ1n) is 11.0. The molecule has 0 spiro atoms. The highest BCUT2D eigenvalue weighted by Gasteiger charge is 2.27. The fraction of sp³-hybridized carbons (Fsp3) is 0.462. The summed E-state index contributed by atoms with van der Waals surface area (Å²) < 4.78 is 10.6. The molecular formula is C26H33ClO5. The molecule has 32 heavy (non-hydrogen) atoms. The minimum atomic E-state index is -0.673. The van der Waals surface area contributed by atoms with E-state index in [1.54, 1.807) is 6.92 Å². The van der Waals surface area contributed by atoms with Crippen LogP contribution >= 0.6 is 11.6 Å². The Morgan fingerprint density at radius 3 is 2.31 bits per heavy atom. The van der Waals surface area contributed by atoms with Crippen LogP contribution in [-0.2, 0) is 25.5 Å². The van der Waals surface area contributed by atoms with Gasteiger partial charge >= 0.3 is 11.9 Å². The van der Waals surface area contributed by atoms with Crippen LogP contribution in [0.1, 0.15) is 46.1 Å². The van der Waals surface area contributed by atoms with Gasteiger partial charge in [-0.05, 0) is 75.3 Å². The minimum absolute atomic E-state index is 0.156. The average molecular weight is 461 g/mol. The molecule has 0 saturated heterocycles. The molecule has 2 rings (SSSR count). The molecule has 5 nitrogen and oxygen atoms in total. The van der Waals surface area contributed by atoms with Gasteiger partial charge in [0.25, 0.3) is 0 Å². The van der Waals surface area contributed by atoms with E-state index in [0.29, 0.717) is 17.9 Å². The van der Waals surface area contributed by atoms with Crippen molar-refractivity contribution in [3.05, 3.63) is 59.1 Å². The van der Waals surface area contributed by atoms with Gasteiger partial charge in [-0.25, -0.2) is 0 Å². The number of halogens is 1. The Balaban J connectivity index is 2.17. The van der Waals surface area contributed by atoms with Crippen LogP contribution in [0.25, 0.3) is 11.1 Å². The molecule has 0 unspecified atom stereocenters. The van der Waals surface area contributed by atoms with Crippen molar-refractivity contribution in [1.82, 2.24) is 0 Å². The van der Waals surface area contributed by atoms with E-state index in [-0.39, 0.29) is 31.5 Å². The molecule has 2 aromatic rings. The predicted molar refractivity (Wildman–Crippen MR) is 126 cm³/mol. The summed E-state index contributed by atoms with van der Waals surface area (Å²) in [6, 6.07) is 15.7. The van der Waals surface area contributed by atoms with Crippen LogP contribution in [0.15, 0.2) is 48.5 Å². The maximum atomic E-state index is 12.5. The molecule has 0 amide bonds. The highest BCUT2D eigenvalue weighted by atomic mass is 35.5. The second-order valence-electron chi connectivity index (χ2n) is 8.94. The summed E-state index contributed by atoms with van der Waals surface area (Å²) in [5.74, 6) is -1.62. The maximum absolute atomic E-state index is 12.5. The van der Waals surface area contributed by atoms with E-state index >= 15 is 0 Å². The predicted octanol–water partition coefficient (Wildman–Crippen LogP) is 5.46. The molecule has 0 aliphatic rings. The lowest BCUT2D eigenvalue weighted by Gasteiger charge is -2.24. The zero-order valence-electron chi connectivity index (χ0n) is 19.3. The second kappa shape index (κ2) is 12.0.